The molecule has 0 radical (unpaired) electrons. The van der Waals surface area contributed by atoms with Gasteiger partial charge in [-0.3, -0.25) is 9.69 Å². The zero-order valence-electron chi connectivity index (χ0n) is 7.64. The van der Waals surface area contributed by atoms with E-state index in [-0.39, 0.29) is 11.7 Å². The second kappa shape index (κ2) is 4.92. The average Bonchev–Trinajstić information content (AvgIpc) is 1.86. The van der Waals surface area contributed by atoms with Crippen LogP contribution < -0.4 is 0 Å². The molecule has 0 aliphatic heterocycles. The minimum Gasteiger partial charge on any atom is -0.299 e. The molecule has 0 unspecified atom stereocenters. The normalized spacial score (nSPS) is 9.64. The third-order valence-corrected chi connectivity index (χ3v) is 1.13. The van der Waals surface area contributed by atoms with Crippen LogP contribution >= 0.6 is 0 Å². The molecule has 0 aromatic heterocycles. The largest absolute Gasteiger partial charge is 0.299 e. The topological polar surface area (TPSA) is 20.3 Å². The predicted molar refractivity (Wildman–Crippen MR) is 46.2 cm³/mol. The highest BCUT2D eigenvalue weighted by molar-refractivity contribution is 5.96. The quantitative estimate of drug-likeness (QED) is 0.431. The van der Waals surface area contributed by atoms with Gasteiger partial charge in [0.25, 0.3) is 0 Å². The van der Waals surface area contributed by atoms with Gasteiger partial charge in [0.15, 0.2) is 0 Å². The van der Waals surface area contributed by atoms with Gasteiger partial charge in [0.2, 0.25) is 5.78 Å². The van der Waals surface area contributed by atoms with Gasteiger partial charge in [-0.2, -0.15) is 0 Å². The van der Waals surface area contributed by atoms with E-state index in [0.29, 0.717) is 6.54 Å². The molecule has 0 heterocycles. The third-order valence-electron chi connectivity index (χ3n) is 1.13. The molecule has 0 N–H and O–H groups in total. The lowest BCUT2D eigenvalue weighted by Crippen LogP contribution is -2.12. The van der Waals surface area contributed by atoms with Gasteiger partial charge >= 0.3 is 0 Å². The molecule has 0 spiro atoms. The number of rotatable bonds is 2. The first-order valence-corrected chi connectivity index (χ1v) is 3.71. The van der Waals surface area contributed by atoms with Gasteiger partial charge in [-0.25, -0.2) is 0 Å². The molecule has 11 heavy (non-hydrogen) atoms. The molecule has 0 aliphatic carbocycles. The van der Waals surface area contributed by atoms with Crippen LogP contribution in [0.15, 0.2) is 0 Å². The summed E-state index contributed by atoms with van der Waals surface area (Å²) in [7, 11) is 3.85. The lowest BCUT2D eigenvalue weighted by atomic mass is 10.1. The van der Waals surface area contributed by atoms with Gasteiger partial charge in [-0.05, 0) is 20.0 Å². The van der Waals surface area contributed by atoms with Crippen LogP contribution in [0.2, 0.25) is 0 Å². The Hall–Kier alpha value is -0.810. The molecular formula is C9H15NO. The van der Waals surface area contributed by atoms with Crippen molar-refractivity contribution in [2.45, 2.75) is 13.8 Å². The zero-order chi connectivity index (χ0) is 8.85. The number of carbonyl (C=O) groups excluding carboxylic acids is 1. The summed E-state index contributed by atoms with van der Waals surface area (Å²) in [6, 6.07) is 0. The van der Waals surface area contributed by atoms with Crippen molar-refractivity contribution in [1.29, 1.82) is 0 Å². The first-order chi connectivity index (χ1) is 5.04. The molecule has 0 aromatic rings. The van der Waals surface area contributed by atoms with E-state index in [9.17, 15) is 4.79 Å². The summed E-state index contributed by atoms with van der Waals surface area (Å²) in [6.07, 6.45) is 0. The predicted octanol–water partition coefficient (Wildman–Crippen LogP) is 0.776. The first-order valence-electron chi connectivity index (χ1n) is 3.71. The van der Waals surface area contributed by atoms with Gasteiger partial charge in [-0.15, -0.1) is 0 Å². The van der Waals surface area contributed by atoms with Crippen LogP contribution in [0.5, 0.6) is 0 Å². The lowest BCUT2D eigenvalue weighted by Gasteiger charge is -2.00. The molecular weight excluding hydrogens is 138 g/mol. The minimum absolute atomic E-state index is 0.0202. The highest BCUT2D eigenvalue weighted by Gasteiger charge is 2.00. The van der Waals surface area contributed by atoms with Crippen LogP contribution in [-0.4, -0.2) is 31.3 Å². The van der Waals surface area contributed by atoms with Gasteiger partial charge in [0.1, 0.15) is 0 Å². The van der Waals surface area contributed by atoms with Crippen molar-refractivity contribution in [2.24, 2.45) is 5.92 Å². The monoisotopic (exact) mass is 153 g/mol. The van der Waals surface area contributed by atoms with E-state index < -0.39 is 0 Å². The standard InChI is InChI=1S/C9H15NO/c1-8(2)9(11)6-5-7-10(3)4/h8H,7H2,1-4H3. The summed E-state index contributed by atoms with van der Waals surface area (Å²) < 4.78 is 0. The van der Waals surface area contributed by atoms with Crippen molar-refractivity contribution < 1.29 is 4.79 Å². The van der Waals surface area contributed by atoms with Gasteiger partial charge in [0.05, 0.1) is 6.54 Å². The molecule has 0 saturated heterocycles. The Balaban J connectivity index is 3.79. The Morgan fingerprint density at radius 3 is 2.36 bits per heavy atom. The van der Waals surface area contributed by atoms with Crippen molar-refractivity contribution in [3.63, 3.8) is 0 Å². The van der Waals surface area contributed by atoms with E-state index >= 15 is 0 Å². The smallest absolute Gasteiger partial charge is 0.208 e. The molecule has 2 heteroatoms. The summed E-state index contributed by atoms with van der Waals surface area (Å²) in [5.74, 6) is 5.43. The van der Waals surface area contributed by atoms with Gasteiger partial charge in [0, 0.05) is 5.92 Å². The summed E-state index contributed by atoms with van der Waals surface area (Å²) in [4.78, 5) is 12.9. The molecule has 62 valence electrons. The Labute approximate surface area is 68.6 Å². The minimum atomic E-state index is 0.0202. The molecule has 0 fully saturated rings. The average molecular weight is 153 g/mol. The molecule has 0 rings (SSSR count). The van der Waals surface area contributed by atoms with Crippen LogP contribution in [-0.2, 0) is 4.79 Å². The number of hydrogen-bond donors (Lipinski definition) is 0. The maximum absolute atomic E-state index is 10.9. The van der Waals surface area contributed by atoms with E-state index in [1.807, 2.05) is 32.8 Å². The summed E-state index contributed by atoms with van der Waals surface area (Å²) in [5, 5.41) is 0. The Morgan fingerprint density at radius 2 is 2.00 bits per heavy atom. The van der Waals surface area contributed by atoms with Crippen molar-refractivity contribution >= 4 is 5.78 Å². The molecule has 0 saturated carbocycles. The van der Waals surface area contributed by atoms with E-state index in [1.165, 1.54) is 0 Å². The molecule has 0 amide bonds. The molecule has 0 aromatic carbocycles. The van der Waals surface area contributed by atoms with Crippen LogP contribution in [0.3, 0.4) is 0 Å². The Morgan fingerprint density at radius 1 is 1.45 bits per heavy atom. The summed E-state index contributed by atoms with van der Waals surface area (Å²) >= 11 is 0. The maximum Gasteiger partial charge on any atom is 0.208 e. The SMILES string of the molecule is CC(C)C(=O)C#CCN(C)C. The van der Waals surface area contributed by atoms with E-state index in [1.54, 1.807) is 0 Å². The lowest BCUT2D eigenvalue weighted by molar-refractivity contribution is -0.116. The van der Waals surface area contributed by atoms with Gasteiger partial charge < -0.3 is 0 Å². The zero-order valence-corrected chi connectivity index (χ0v) is 7.64. The Kier molecular flexibility index (Phi) is 4.56. The fourth-order valence-electron chi connectivity index (χ4n) is 0.429. The number of ketones is 1. The highest BCUT2D eigenvalue weighted by Crippen LogP contribution is 1.90. The molecule has 0 atom stereocenters. The molecule has 0 aliphatic rings. The number of Topliss-reactive ketones (excluding diaryl/α,β-unsaturated/α-hetero) is 1. The fourth-order valence-corrected chi connectivity index (χ4v) is 0.429. The summed E-state index contributed by atoms with van der Waals surface area (Å²) in [6.45, 7) is 4.36. The van der Waals surface area contributed by atoms with Crippen LogP contribution in [0.25, 0.3) is 0 Å². The van der Waals surface area contributed by atoms with E-state index in [0.717, 1.165) is 0 Å². The second-order valence-corrected chi connectivity index (χ2v) is 3.06. The molecule has 2 nitrogen and oxygen atoms in total. The van der Waals surface area contributed by atoms with Crippen molar-refractivity contribution in [1.82, 2.24) is 4.90 Å². The van der Waals surface area contributed by atoms with Crippen LogP contribution in [0.1, 0.15) is 13.8 Å². The third kappa shape index (κ3) is 5.63. The van der Waals surface area contributed by atoms with Crippen molar-refractivity contribution in [3.05, 3.63) is 0 Å². The molecule has 0 bridgehead atoms. The van der Waals surface area contributed by atoms with Crippen molar-refractivity contribution in [2.75, 3.05) is 20.6 Å². The maximum atomic E-state index is 10.9. The van der Waals surface area contributed by atoms with Crippen LogP contribution in [0, 0.1) is 17.8 Å². The number of nitrogens with zero attached hydrogens (tertiary/aromatic N) is 1. The highest BCUT2D eigenvalue weighted by atomic mass is 16.1. The van der Waals surface area contributed by atoms with E-state index in [4.69, 9.17) is 0 Å². The fraction of sp³-hybridized carbons (Fsp3) is 0.667. The number of carbonyl (C=O) groups is 1. The van der Waals surface area contributed by atoms with Crippen molar-refractivity contribution in [3.8, 4) is 11.8 Å². The summed E-state index contributed by atoms with van der Waals surface area (Å²) in [5.41, 5.74) is 0. The first kappa shape index (κ1) is 10.2. The number of hydrogen-bond acceptors (Lipinski definition) is 2. The van der Waals surface area contributed by atoms with E-state index in [2.05, 4.69) is 11.8 Å². The Bertz CT molecular complexity index is 183. The van der Waals surface area contributed by atoms with Crippen LogP contribution in [0.4, 0.5) is 0 Å². The van der Waals surface area contributed by atoms with Gasteiger partial charge in [-0.1, -0.05) is 19.8 Å². The second-order valence-electron chi connectivity index (χ2n) is 3.06.